The Balaban J connectivity index is 2.11. The molecule has 4 nitrogen and oxygen atoms in total. The van der Waals surface area contributed by atoms with Crippen molar-refractivity contribution >= 4 is 11.6 Å². The fraction of sp³-hybridized carbons (Fsp3) is 0.350. The van der Waals surface area contributed by atoms with Crippen LogP contribution in [0, 0.1) is 5.92 Å². The molecule has 0 aliphatic heterocycles. The zero-order chi connectivity index (χ0) is 20.0. The molecule has 146 valence electrons. The van der Waals surface area contributed by atoms with Crippen LogP contribution in [0.15, 0.2) is 42.5 Å². The molecule has 0 bridgehead atoms. The summed E-state index contributed by atoms with van der Waals surface area (Å²) in [4.78, 5) is 12.4. The van der Waals surface area contributed by atoms with Crippen molar-refractivity contribution in [2.75, 3.05) is 19.0 Å². The lowest BCUT2D eigenvalue weighted by molar-refractivity contribution is -0.137. The lowest BCUT2D eigenvalue weighted by Gasteiger charge is -2.13. The Morgan fingerprint density at radius 1 is 1.11 bits per heavy atom. The topological polar surface area (TPSA) is 47.6 Å². The van der Waals surface area contributed by atoms with Crippen LogP contribution in [-0.4, -0.2) is 19.6 Å². The van der Waals surface area contributed by atoms with Crippen molar-refractivity contribution in [3.63, 3.8) is 0 Å². The second kappa shape index (κ2) is 8.90. The number of benzene rings is 2. The Morgan fingerprint density at radius 3 is 2.33 bits per heavy atom. The molecule has 0 saturated heterocycles. The normalized spacial score (nSPS) is 11.5. The van der Waals surface area contributed by atoms with E-state index in [1.165, 1.54) is 19.2 Å². The molecule has 1 amide bonds. The molecule has 0 fully saturated rings. The molecule has 1 N–H and O–H groups in total. The summed E-state index contributed by atoms with van der Waals surface area (Å²) in [5, 5.41) is 2.59. The van der Waals surface area contributed by atoms with E-state index >= 15 is 0 Å². The number of rotatable bonds is 7. The van der Waals surface area contributed by atoms with Crippen molar-refractivity contribution in [1.29, 1.82) is 0 Å². The number of ether oxygens (including phenoxy) is 2. The van der Waals surface area contributed by atoms with Crippen LogP contribution in [0.2, 0.25) is 0 Å². The highest BCUT2D eigenvalue weighted by molar-refractivity contribution is 6.04. The zero-order valence-corrected chi connectivity index (χ0v) is 15.4. The van der Waals surface area contributed by atoms with Gasteiger partial charge in [0, 0.05) is 23.4 Å². The van der Waals surface area contributed by atoms with E-state index in [9.17, 15) is 18.0 Å². The summed E-state index contributed by atoms with van der Waals surface area (Å²) >= 11 is 0. The molecule has 0 saturated carbocycles. The number of carbonyl (C=O) groups is 1. The van der Waals surface area contributed by atoms with Crippen LogP contribution in [-0.2, 0) is 17.5 Å². The summed E-state index contributed by atoms with van der Waals surface area (Å²) in [6, 6.07) is 9.19. The SMILES string of the molecule is COc1ccc(C(=O)Nc2ccc(C(F)(F)F)cc2)cc1COCC(C)C. The number of halogens is 3. The minimum Gasteiger partial charge on any atom is -0.496 e. The number of hydrogen-bond acceptors (Lipinski definition) is 3. The third kappa shape index (κ3) is 5.99. The van der Waals surface area contributed by atoms with Gasteiger partial charge in [0.1, 0.15) is 5.75 Å². The molecular weight excluding hydrogens is 359 g/mol. The summed E-state index contributed by atoms with van der Waals surface area (Å²) in [6.07, 6.45) is -4.41. The second-order valence-corrected chi connectivity index (χ2v) is 6.46. The smallest absolute Gasteiger partial charge is 0.416 e. The van der Waals surface area contributed by atoms with Gasteiger partial charge in [-0.2, -0.15) is 13.2 Å². The maximum Gasteiger partial charge on any atom is 0.416 e. The van der Waals surface area contributed by atoms with E-state index < -0.39 is 17.6 Å². The second-order valence-electron chi connectivity index (χ2n) is 6.46. The molecule has 0 radical (unpaired) electrons. The average molecular weight is 381 g/mol. The lowest BCUT2D eigenvalue weighted by Crippen LogP contribution is -2.13. The number of alkyl halides is 3. The minimum atomic E-state index is -4.41. The van der Waals surface area contributed by atoms with Gasteiger partial charge in [0.05, 0.1) is 19.3 Å². The average Bonchev–Trinajstić information content (AvgIpc) is 2.61. The summed E-state index contributed by atoms with van der Waals surface area (Å²) in [5.41, 5.74) is 0.591. The molecule has 0 heterocycles. The van der Waals surface area contributed by atoms with Gasteiger partial charge in [0.25, 0.3) is 5.91 Å². The van der Waals surface area contributed by atoms with Gasteiger partial charge < -0.3 is 14.8 Å². The summed E-state index contributed by atoms with van der Waals surface area (Å²) < 4.78 is 48.7. The molecular formula is C20H22F3NO3. The highest BCUT2D eigenvalue weighted by atomic mass is 19.4. The minimum absolute atomic E-state index is 0.279. The molecule has 2 aromatic rings. The molecule has 0 aliphatic carbocycles. The van der Waals surface area contributed by atoms with Crippen molar-refractivity contribution in [2.24, 2.45) is 5.92 Å². The summed E-state index contributed by atoms with van der Waals surface area (Å²) in [5.74, 6) is 0.550. The first-order valence-electron chi connectivity index (χ1n) is 8.44. The summed E-state index contributed by atoms with van der Waals surface area (Å²) in [7, 11) is 1.53. The van der Waals surface area contributed by atoms with Crippen LogP contribution in [0.3, 0.4) is 0 Å². The molecule has 27 heavy (non-hydrogen) atoms. The van der Waals surface area contributed by atoms with Crippen LogP contribution in [0.4, 0.5) is 18.9 Å². The number of anilines is 1. The van der Waals surface area contributed by atoms with Crippen LogP contribution >= 0.6 is 0 Å². The van der Waals surface area contributed by atoms with Crippen molar-refractivity contribution in [3.8, 4) is 5.75 Å². The number of nitrogens with one attached hydrogen (secondary N) is 1. The van der Waals surface area contributed by atoms with Crippen LogP contribution in [0.1, 0.15) is 35.3 Å². The third-order valence-electron chi connectivity index (χ3n) is 3.72. The van der Waals surface area contributed by atoms with E-state index in [0.29, 0.717) is 30.4 Å². The quantitative estimate of drug-likeness (QED) is 0.723. The maximum atomic E-state index is 12.6. The van der Waals surface area contributed by atoms with Crippen LogP contribution in [0.25, 0.3) is 0 Å². The first-order valence-corrected chi connectivity index (χ1v) is 8.44. The molecule has 0 unspecified atom stereocenters. The Bertz CT molecular complexity index is 771. The molecule has 0 aromatic heterocycles. The Hall–Kier alpha value is -2.54. The predicted molar refractivity (Wildman–Crippen MR) is 96.9 cm³/mol. The Morgan fingerprint density at radius 2 is 1.78 bits per heavy atom. The molecule has 2 aromatic carbocycles. The van der Waals surface area contributed by atoms with Gasteiger partial charge in [-0.1, -0.05) is 13.8 Å². The van der Waals surface area contributed by atoms with Gasteiger partial charge in [-0.05, 0) is 48.4 Å². The van der Waals surface area contributed by atoms with E-state index in [1.807, 2.05) is 13.8 Å². The molecule has 0 aliphatic rings. The molecule has 0 atom stereocenters. The van der Waals surface area contributed by atoms with Gasteiger partial charge in [0.15, 0.2) is 0 Å². The molecule has 0 spiro atoms. The van der Waals surface area contributed by atoms with Gasteiger partial charge in [-0.15, -0.1) is 0 Å². The Labute approximate surface area is 156 Å². The number of hydrogen-bond donors (Lipinski definition) is 1. The fourth-order valence-electron chi connectivity index (χ4n) is 2.38. The molecule has 2 rings (SSSR count). The van der Waals surface area contributed by atoms with E-state index in [1.54, 1.807) is 18.2 Å². The fourth-order valence-corrected chi connectivity index (χ4v) is 2.38. The van der Waals surface area contributed by atoms with Gasteiger partial charge in [-0.25, -0.2) is 0 Å². The van der Waals surface area contributed by atoms with E-state index in [2.05, 4.69) is 5.32 Å². The maximum absolute atomic E-state index is 12.6. The van der Waals surface area contributed by atoms with E-state index in [4.69, 9.17) is 9.47 Å². The highest BCUT2D eigenvalue weighted by Gasteiger charge is 2.30. The first-order chi connectivity index (χ1) is 12.7. The van der Waals surface area contributed by atoms with Gasteiger partial charge >= 0.3 is 6.18 Å². The van der Waals surface area contributed by atoms with E-state index in [-0.39, 0.29) is 5.69 Å². The monoisotopic (exact) mass is 381 g/mol. The van der Waals surface area contributed by atoms with Gasteiger partial charge in [0.2, 0.25) is 0 Å². The van der Waals surface area contributed by atoms with Crippen molar-refractivity contribution in [3.05, 3.63) is 59.2 Å². The van der Waals surface area contributed by atoms with Crippen molar-refractivity contribution < 1.29 is 27.4 Å². The molecule has 7 heteroatoms. The number of amides is 1. The third-order valence-corrected chi connectivity index (χ3v) is 3.72. The number of methoxy groups -OCH3 is 1. The Kier molecular flexibility index (Phi) is 6.85. The summed E-state index contributed by atoms with van der Waals surface area (Å²) in [6.45, 7) is 4.93. The number of carbonyl (C=O) groups excluding carboxylic acids is 1. The van der Waals surface area contributed by atoms with Gasteiger partial charge in [-0.3, -0.25) is 4.79 Å². The highest BCUT2D eigenvalue weighted by Crippen LogP contribution is 2.30. The van der Waals surface area contributed by atoms with E-state index in [0.717, 1.165) is 17.7 Å². The standard InChI is InChI=1S/C20H22F3NO3/c1-13(2)11-27-12-15-10-14(4-9-18(15)26-3)19(25)24-17-7-5-16(6-8-17)20(21,22)23/h4-10,13H,11-12H2,1-3H3,(H,24,25). The predicted octanol–water partition coefficient (Wildman–Crippen LogP) is 5.14. The van der Waals surface area contributed by atoms with Crippen LogP contribution < -0.4 is 10.1 Å². The van der Waals surface area contributed by atoms with Crippen molar-refractivity contribution in [1.82, 2.24) is 0 Å². The largest absolute Gasteiger partial charge is 0.496 e. The van der Waals surface area contributed by atoms with Crippen LogP contribution in [0.5, 0.6) is 5.75 Å². The first kappa shape index (κ1) is 20.8. The zero-order valence-electron chi connectivity index (χ0n) is 15.4. The van der Waals surface area contributed by atoms with Crippen molar-refractivity contribution in [2.45, 2.75) is 26.6 Å². The lowest BCUT2D eigenvalue weighted by atomic mass is 10.1.